The molecule has 0 bridgehead atoms. The average Bonchev–Trinajstić information content (AvgIpc) is 3.62. The second-order valence-electron chi connectivity index (χ2n) is 8.99. The van der Waals surface area contributed by atoms with Gasteiger partial charge in [0.2, 0.25) is 0 Å². The van der Waals surface area contributed by atoms with Gasteiger partial charge < -0.3 is 15.4 Å². The van der Waals surface area contributed by atoms with Gasteiger partial charge in [0.05, 0.1) is 11.4 Å². The summed E-state index contributed by atoms with van der Waals surface area (Å²) in [5, 5.41) is 16.0. The standard InChI is InChI=1S/C32H26N6O2/c39-32(29-22-31(34-25-15-7-2-8-16-25)38(36-29)28-19-11-4-12-20-28)40-23-26-21-30(33-24-13-5-1-6-14-24)37(35-26)27-17-9-3-10-18-27/h1-22,33-34H,23H2. The number of hydrogen-bond acceptors (Lipinski definition) is 6. The zero-order valence-electron chi connectivity index (χ0n) is 21.5. The molecule has 0 unspecified atom stereocenters. The molecule has 0 saturated heterocycles. The van der Waals surface area contributed by atoms with E-state index in [1.165, 1.54) is 0 Å². The van der Waals surface area contributed by atoms with E-state index in [4.69, 9.17) is 9.84 Å². The topological polar surface area (TPSA) is 86.0 Å². The second-order valence-corrected chi connectivity index (χ2v) is 8.99. The molecule has 0 aliphatic rings. The highest BCUT2D eigenvalue weighted by Crippen LogP contribution is 2.24. The fraction of sp³-hybridized carbons (Fsp3) is 0.0312. The molecule has 4 aromatic carbocycles. The molecule has 0 spiro atoms. The van der Waals surface area contributed by atoms with Crippen LogP contribution in [0.15, 0.2) is 133 Å². The first-order chi connectivity index (χ1) is 19.7. The molecule has 2 aromatic heterocycles. The Morgan fingerprint density at radius 3 is 1.57 bits per heavy atom. The minimum absolute atomic E-state index is 0.0121. The van der Waals surface area contributed by atoms with E-state index in [9.17, 15) is 4.79 Å². The average molecular weight is 527 g/mol. The first kappa shape index (κ1) is 24.7. The van der Waals surface area contributed by atoms with Gasteiger partial charge in [0, 0.05) is 23.5 Å². The maximum absolute atomic E-state index is 13.1. The van der Waals surface area contributed by atoms with Crippen LogP contribution in [0.1, 0.15) is 16.2 Å². The summed E-state index contributed by atoms with van der Waals surface area (Å²) < 4.78 is 9.16. The fourth-order valence-corrected chi connectivity index (χ4v) is 4.24. The van der Waals surface area contributed by atoms with Crippen LogP contribution in [0.4, 0.5) is 23.0 Å². The van der Waals surface area contributed by atoms with E-state index in [0.29, 0.717) is 11.5 Å². The Bertz CT molecular complexity index is 1700. The molecule has 0 radical (unpaired) electrons. The summed E-state index contributed by atoms with van der Waals surface area (Å²) in [5.41, 5.74) is 4.29. The lowest BCUT2D eigenvalue weighted by Gasteiger charge is -2.09. The van der Waals surface area contributed by atoms with Gasteiger partial charge in [-0.25, -0.2) is 14.2 Å². The van der Waals surface area contributed by atoms with Crippen LogP contribution in [0.2, 0.25) is 0 Å². The third-order valence-electron chi connectivity index (χ3n) is 6.12. The number of aromatic nitrogens is 4. The Kier molecular flexibility index (Phi) is 7.04. The van der Waals surface area contributed by atoms with Crippen molar-refractivity contribution in [3.63, 3.8) is 0 Å². The number of ether oxygens (including phenoxy) is 1. The van der Waals surface area contributed by atoms with Crippen molar-refractivity contribution in [1.29, 1.82) is 0 Å². The lowest BCUT2D eigenvalue weighted by molar-refractivity contribution is 0.0460. The molecule has 0 fully saturated rings. The number of hydrogen-bond donors (Lipinski definition) is 2. The van der Waals surface area contributed by atoms with Crippen LogP contribution in [0.25, 0.3) is 11.4 Å². The maximum atomic E-state index is 13.1. The smallest absolute Gasteiger partial charge is 0.359 e. The predicted molar refractivity (Wildman–Crippen MR) is 156 cm³/mol. The number of carbonyl (C=O) groups is 1. The molecule has 2 heterocycles. The number of esters is 1. The number of benzene rings is 4. The molecule has 0 aliphatic heterocycles. The fourth-order valence-electron chi connectivity index (χ4n) is 4.24. The van der Waals surface area contributed by atoms with Crippen molar-refractivity contribution in [1.82, 2.24) is 19.6 Å². The van der Waals surface area contributed by atoms with E-state index in [0.717, 1.165) is 28.6 Å². The molecule has 40 heavy (non-hydrogen) atoms. The van der Waals surface area contributed by atoms with Gasteiger partial charge in [-0.1, -0.05) is 72.8 Å². The Morgan fingerprint density at radius 1 is 0.600 bits per heavy atom. The van der Waals surface area contributed by atoms with Gasteiger partial charge in [-0.15, -0.1) is 0 Å². The van der Waals surface area contributed by atoms with Gasteiger partial charge >= 0.3 is 5.97 Å². The van der Waals surface area contributed by atoms with Crippen LogP contribution in [0.3, 0.4) is 0 Å². The van der Waals surface area contributed by atoms with Gasteiger partial charge in [0.1, 0.15) is 23.9 Å². The van der Waals surface area contributed by atoms with Crippen molar-refractivity contribution in [2.75, 3.05) is 10.6 Å². The molecule has 0 saturated carbocycles. The van der Waals surface area contributed by atoms with E-state index in [-0.39, 0.29) is 12.3 Å². The molecule has 0 aliphatic carbocycles. The number of para-hydroxylation sites is 4. The number of anilines is 4. The monoisotopic (exact) mass is 526 g/mol. The third kappa shape index (κ3) is 5.61. The normalized spacial score (nSPS) is 10.7. The molecule has 2 N–H and O–H groups in total. The van der Waals surface area contributed by atoms with E-state index >= 15 is 0 Å². The van der Waals surface area contributed by atoms with Crippen LogP contribution in [0, 0.1) is 0 Å². The number of nitrogens with zero attached hydrogens (tertiary/aromatic N) is 4. The quantitative estimate of drug-likeness (QED) is 0.199. The minimum Gasteiger partial charge on any atom is -0.454 e. The lowest BCUT2D eigenvalue weighted by atomic mass is 10.3. The van der Waals surface area contributed by atoms with Crippen LogP contribution in [0.5, 0.6) is 0 Å². The summed E-state index contributed by atoms with van der Waals surface area (Å²) in [6.07, 6.45) is 0. The predicted octanol–water partition coefficient (Wildman–Crippen LogP) is 6.90. The minimum atomic E-state index is -0.544. The summed E-state index contributed by atoms with van der Waals surface area (Å²) >= 11 is 0. The van der Waals surface area contributed by atoms with E-state index in [1.807, 2.05) is 127 Å². The second kappa shape index (κ2) is 11.4. The molecule has 6 rings (SSSR count). The Morgan fingerprint density at radius 2 is 1.05 bits per heavy atom. The number of carbonyl (C=O) groups excluding carboxylic acids is 1. The summed E-state index contributed by atoms with van der Waals surface area (Å²) in [4.78, 5) is 13.1. The van der Waals surface area contributed by atoms with Crippen LogP contribution in [-0.2, 0) is 11.3 Å². The van der Waals surface area contributed by atoms with Crippen molar-refractivity contribution in [3.8, 4) is 11.4 Å². The third-order valence-corrected chi connectivity index (χ3v) is 6.12. The summed E-state index contributed by atoms with van der Waals surface area (Å²) in [6, 6.07) is 42.6. The first-order valence-corrected chi connectivity index (χ1v) is 12.8. The molecule has 8 heteroatoms. The Labute approximate surface area is 231 Å². The molecule has 196 valence electrons. The van der Waals surface area contributed by atoms with Crippen LogP contribution >= 0.6 is 0 Å². The molecule has 0 atom stereocenters. The van der Waals surface area contributed by atoms with Crippen molar-refractivity contribution in [2.24, 2.45) is 0 Å². The van der Waals surface area contributed by atoms with Crippen LogP contribution in [-0.4, -0.2) is 25.5 Å². The van der Waals surface area contributed by atoms with Crippen LogP contribution < -0.4 is 10.6 Å². The molecular weight excluding hydrogens is 500 g/mol. The Balaban J connectivity index is 1.24. The van der Waals surface area contributed by atoms with Crippen molar-refractivity contribution in [3.05, 3.63) is 145 Å². The van der Waals surface area contributed by atoms with E-state index in [2.05, 4.69) is 15.7 Å². The molecule has 0 amide bonds. The van der Waals surface area contributed by atoms with Crippen molar-refractivity contribution in [2.45, 2.75) is 6.61 Å². The van der Waals surface area contributed by atoms with E-state index < -0.39 is 5.97 Å². The molecule has 6 aromatic rings. The Hall–Kier alpha value is -5.63. The summed E-state index contributed by atoms with van der Waals surface area (Å²) in [6.45, 7) is -0.0121. The lowest BCUT2D eigenvalue weighted by Crippen LogP contribution is -2.08. The summed E-state index contributed by atoms with van der Waals surface area (Å²) in [7, 11) is 0. The summed E-state index contributed by atoms with van der Waals surface area (Å²) in [5.74, 6) is 0.857. The highest BCUT2D eigenvalue weighted by Gasteiger charge is 2.19. The highest BCUT2D eigenvalue weighted by atomic mass is 16.5. The van der Waals surface area contributed by atoms with Gasteiger partial charge in [-0.2, -0.15) is 10.2 Å². The zero-order valence-corrected chi connectivity index (χ0v) is 21.5. The maximum Gasteiger partial charge on any atom is 0.359 e. The first-order valence-electron chi connectivity index (χ1n) is 12.8. The van der Waals surface area contributed by atoms with Crippen molar-refractivity contribution >= 4 is 29.0 Å². The largest absolute Gasteiger partial charge is 0.454 e. The van der Waals surface area contributed by atoms with Gasteiger partial charge in [0.15, 0.2) is 5.69 Å². The SMILES string of the molecule is O=C(OCc1cc(Nc2ccccc2)n(-c2ccccc2)n1)c1cc(Nc2ccccc2)n(-c2ccccc2)n1. The van der Waals surface area contributed by atoms with Crippen molar-refractivity contribution < 1.29 is 9.53 Å². The number of rotatable bonds is 9. The van der Waals surface area contributed by atoms with Gasteiger partial charge in [-0.3, -0.25) is 0 Å². The molecular formula is C32H26N6O2. The zero-order chi connectivity index (χ0) is 27.1. The van der Waals surface area contributed by atoms with E-state index in [1.54, 1.807) is 15.4 Å². The highest BCUT2D eigenvalue weighted by molar-refractivity contribution is 5.88. The van der Waals surface area contributed by atoms with Gasteiger partial charge in [-0.05, 0) is 48.5 Å². The number of nitrogens with one attached hydrogen (secondary N) is 2. The molecule has 8 nitrogen and oxygen atoms in total. The van der Waals surface area contributed by atoms with Gasteiger partial charge in [0.25, 0.3) is 0 Å².